The Morgan fingerprint density at radius 3 is 2.74 bits per heavy atom. The van der Waals surface area contributed by atoms with E-state index in [1.807, 2.05) is 6.92 Å². The zero-order chi connectivity index (χ0) is 19.5. The Labute approximate surface area is 163 Å². The standard InChI is InChI=1S/C21H34N4O2/c1-4-6-7-12-27-19-13-16(3)8-9-17(19)14-23-21(22-5-2)24-15-20(26)25-18-10-11-18/h8-9,13,18H,4-7,10-12,14-15H2,1-3H3,(H,25,26)(H2,22,23,24). The quantitative estimate of drug-likeness (QED) is 0.316. The lowest BCUT2D eigenvalue weighted by atomic mass is 10.1. The van der Waals surface area contributed by atoms with Crippen LogP contribution in [0.25, 0.3) is 0 Å². The van der Waals surface area contributed by atoms with Gasteiger partial charge in [-0.1, -0.05) is 31.9 Å². The first kappa shape index (κ1) is 21.1. The maximum Gasteiger partial charge on any atom is 0.239 e. The summed E-state index contributed by atoms with van der Waals surface area (Å²) in [5, 5.41) is 9.26. The Kier molecular flexibility index (Phi) is 8.95. The van der Waals surface area contributed by atoms with Crippen LogP contribution in [0.3, 0.4) is 0 Å². The molecule has 1 aliphatic carbocycles. The van der Waals surface area contributed by atoms with Gasteiger partial charge in [-0.15, -0.1) is 0 Å². The zero-order valence-electron chi connectivity index (χ0n) is 16.9. The minimum absolute atomic E-state index is 0.0124. The minimum atomic E-state index is 0.0124. The molecule has 2 rings (SSSR count). The lowest BCUT2D eigenvalue weighted by Gasteiger charge is -2.13. The highest BCUT2D eigenvalue weighted by atomic mass is 16.5. The molecule has 3 N–H and O–H groups in total. The number of rotatable bonds is 11. The lowest BCUT2D eigenvalue weighted by molar-refractivity contribution is -0.120. The Morgan fingerprint density at radius 2 is 2.04 bits per heavy atom. The van der Waals surface area contributed by atoms with Crippen LogP contribution >= 0.6 is 0 Å². The van der Waals surface area contributed by atoms with E-state index < -0.39 is 0 Å². The second kappa shape index (κ2) is 11.5. The number of guanidine groups is 1. The number of benzene rings is 1. The van der Waals surface area contributed by atoms with Gasteiger partial charge in [0.25, 0.3) is 0 Å². The van der Waals surface area contributed by atoms with Crippen LogP contribution in [0, 0.1) is 6.92 Å². The Morgan fingerprint density at radius 1 is 1.22 bits per heavy atom. The first-order valence-corrected chi connectivity index (χ1v) is 10.2. The number of nitrogens with zero attached hydrogens (tertiary/aromatic N) is 1. The maximum atomic E-state index is 11.9. The number of nitrogens with one attached hydrogen (secondary N) is 3. The Hall–Kier alpha value is -2.24. The highest BCUT2D eigenvalue weighted by molar-refractivity contribution is 5.86. The van der Waals surface area contributed by atoms with Crippen molar-refractivity contribution in [3.8, 4) is 5.75 Å². The van der Waals surface area contributed by atoms with E-state index in [9.17, 15) is 4.79 Å². The van der Waals surface area contributed by atoms with E-state index >= 15 is 0 Å². The summed E-state index contributed by atoms with van der Waals surface area (Å²) >= 11 is 0. The van der Waals surface area contributed by atoms with Gasteiger partial charge in [-0.25, -0.2) is 4.99 Å². The number of amides is 1. The molecule has 0 unspecified atom stereocenters. The van der Waals surface area contributed by atoms with Crippen molar-refractivity contribution in [3.05, 3.63) is 29.3 Å². The average Bonchev–Trinajstić information content (AvgIpc) is 3.46. The van der Waals surface area contributed by atoms with Crippen molar-refractivity contribution in [2.75, 3.05) is 19.7 Å². The zero-order valence-corrected chi connectivity index (χ0v) is 16.9. The van der Waals surface area contributed by atoms with Gasteiger partial charge in [0.1, 0.15) is 5.75 Å². The smallest absolute Gasteiger partial charge is 0.239 e. The van der Waals surface area contributed by atoms with Crippen LogP contribution < -0.4 is 20.7 Å². The molecule has 0 radical (unpaired) electrons. The van der Waals surface area contributed by atoms with E-state index in [0.717, 1.165) is 43.7 Å². The van der Waals surface area contributed by atoms with E-state index in [2.05, 4.69) is 53.0 Å². The third-order valence-corrected chi connectivity index (χ3v) is 4.34. The van der Waals surface area contributed by atoms with Gasteiger partial charge in [-0.05, 0) is 44.7 Å². The largest absolute Gasteiger partial charge is 0.493 e. The molecule has 0 heterocycles. The van der Waals surface area contributed by atoms with Crippen LogP contribution in [0.15, 0.2) is 23.2 Å². The second-order valence-electron chi connectivity index (χ2n) is 7.06. The van der Waals surface area contributed by atoms with Crippen LogP contribution in [0.2, 0.25) is 0 Å². The Bertz CT molecular complexity index is 627. The van der Waals surface area contributed by atoms with Crippen molar-refractivity contribution in [1.29, 1.82) is 0 Å². The fraction of sp³-hybridized carbons (Fsp3) is 0.619. The van der Waals surface area contributed by atoms with Gasteiger partial charge < -0.3 is 20.7 Å². The SMILES string of the molecule is CCCCCOc1cc(C)ccc1CN=C(NCC)NCC(=O)NC1CC1. The van der Waals surface area contributed by atoms with Gasteiger partial charge in [0.15, 0.2) is 5.96 Å². The van der Waals surface area contributed by atoms with Gasteiger partial charge in [-0.2, -0.15) is 0 Å². The molecule has 27 heavy (non-hydrogen) atoms. The van der Waals surface area contributed by atoms with Crippen molar-refractivity contribution in [2.24, 2.45) is 4.99 Å². The molecule has 0 aliphatic heterocycles. The molecule has 0 saturated heterocycles. The number of hydrogen-bond donors (Lipinski definition) is 3. The predicted molar refractivity (Wildman–Crippen MR) is 110 cm³/mol. The molecule has 1 fully saturated rings. The molecule has 1 aliphatic rings. The first-order chi connectivity index (χ1) is 13.1. The molecule has 150 valence electrons. The second-order valence-corrected chi connectivity index (χ2v) is 7.06. The van der Waals surface area contributed by atoms with Gasteiger partial charge in [0.05, 0.1) is 19.7 Å². The minimum Gasteiger partial charge on any atom is -0.493 e. The molecule has 6 nitrogen and oxygen atoms in total. The highest BCUT2D eigenvalue weighted by Crippen LogP contribution is 2.22. The van der Waals surface area contributed by atoms with Crippen LogP contribution in [-0.2, 0) is 11.3 Å². The summed E-state index contributed by atoms with van der Waals surface area (Å²) in [4.78, 5) is 16.5. The summed E-state index contributed by atoms with van der Waals surface area (Å²) in [6.07, 6.45) is 5.60. The summed E-state index contributed by atoms with van der Waals surface area (Å²) < 4.78 is 5.99. The molecule has 1 amide bonds. The van der Waals surface area contributed by atoms with Crippen molar-refractivity contribution in [1.82, 2.24) is 16.0 Å². The monoisotopic (exact) mass is 374 g/mol. The molecule has 1 aromatic carbocycles. The van der Waals surface area contributed by atoms with Gasteiger partial charge in [0, 0.05) is 18.2 Å². The number of carbonyl (C=O) groups is 1. The van der Waals surface area contributed by atoms with Crippen LogP contribution in [0.5, 0.6) is 5.75 Å². The normalized spacial score (nSPS) is 14.0. The van der Waals surface area contributed by atoms with Crippen molar-refractivity contribution < 1.29 is 9.53 Å². The van der Waals surface area contributed by atoms with Crippen molar-refractivity contribution >= 4 is 11.9 Å². The summed E-state index contributed by atoms with van der Waals surface area (Å²) in [6, 6.07) is 6.59. The van der Waals surface area contributed by atoms with E-state index in [4.69, 9.17) is 4.74 Å². The number of hydrogen-bond acceptors (Lipinski definition) is 3. The molecule has 0 aromatic heterocycles. The number of ether oxygens (including phenoxy) is 1. The van der Waals surface area contributed by atoms with Crippen molar-refractivity contribution in [3.63, 3.8) is 0 Å². The van der Waals surface area contributed by atoms with Gasteiger partial charge in [-0.3, -0.25) is 4.79 Å². The highest BCUT2D eigenvalue weighted by Gasteiger charge is 2.22. The average molecular weight is 375 g/mol. The summed E-state index contributed by atoms with van der Waals surface area (Å²) in [7, 11) is 0. The molecular weight excluding hydrogens is 340 g/mol. The molecule has 0 spiro atoms. The number of aryl methyl sites for hydroxylation is 1. The summed E-state index contributed by atoms with van der Waals surface area (Å²) in [5.41, 5.74) is 2.23. The predicted octanol–water partition coefficient (Wildman–Crippen LogP) is 2.90. The van der Waals surface area contributed by atoms with E-state index in [1.54, 1.807) is 0 Å². The van der Waals surface area contributed by atoms with Gasteiger partial charge in [0.2, 0.25) is 5.91 Å². The lowest BCUT2D eigenvalue weighted by Crippen LogP contribution is -2.43. The molecule has 0 atom stereocenters. The van der Waals surface area contributed by atoms with E-state index in [-0.39, 0.29) is 12.5 Å². The van der Waals surface area contributed by atoms with Crippen molar-refractivity contribution in [2.45, 2.75) is 65.5 Å². The van der Waals surface area contributed by atoms with E-state index in [1.165, 1.54) is 18.4 Å². The number of aliphatic imine (C=N–C) groups is 1. The third kappa shape index (κ3) is 8.33. The third-order valence-electron chi connectivity index (χ3n) is 4.34. The fourth-order valence-electron chi connectivity index (χ4n) is 2.64. The number of unbranched alkanes of at least 4 members (excludes halogenated alkanes) is 2. The molecule has 1 aromatic rings. The summed E-state index contributed by atoms with van der Waals surface area (Å²) in [5.74, 6) is 1.55. The van der Waals surface area contributed by atoms with Gasteiger partial charge >= 0.3 is 0 Å². The topological polar surface area (TPSA) is 74.8 Å². The summed E-state index contributed by atoms with van der Waals surface area (Å²) in [6.45, 7) is 8.47. The number of carbonyl (C=O) groups excluding carboxylic acids is 1. The van der Waals surface area contributed by atoms with E-state index in [0.29, 0.717) is 18.5 Å². The molecular formula is C21H34N4O2. The fourth-order valence-corrected chi connectivity index (χ4v) is 2.64. The van der Waals surface area contributed by atoms with Crippen LogP contribution in [-0.4, -0.2) is 37.6 Å². The Balaban J connectivity index is 1.93. The molecule has 1 saturated carbocycles. The maximum absolute atomic E-state index is 11.9. The molecule has 0 bridgehead atoms. The first-order valence-electron chi connectivity index (χ1n) is 10.2. The molecule has 6 heteroatoms. The van der Waals surface area contributed by atoms with Crippen LogP contribution in [0.4, 0.5) is 0 Å². The van der Waals surface area contributed by atoms with Crippen LogP contribution in [0.1, 0.15) is 57.1 Å².